The zero-order valence-electron chi connectivity index (χ0n) is 22.3. The molecule has 0 saturated heterocycles. The third-order valence-electron chi connectivity index (χ3n) is 6.99. The number of para-hydroxylation sites is 1. The van der Waals surface area contributed by atoms with Crippen LogP contribution in [0, 0.1) is 0 Å². The highest BCUT2D eigenvalue weighted by atomic mass is 16.5. The van der Waals surface area contributed by atoms with Crippen molar-refractivity contribution in [2.45, 2.75) is 31.5 Å². The molecule has 0 bridgehead atoms. The first-order valence-electron chi connectivity index (χ1n) is 13.3. The van der Waals surface area contributed by atoms with E-state index in [4.69, 9.17) is 9.47 Å². The molecule has 0 saturated carbocycles. The second-order valence-corrected chi connectivity index (χ2v) is 9.72. The molecule has 1 aliphatic carbocycles. The molecule has 8 heteroatoms. The van der Waals surface area contributed by atoms with Gasteiger partial charge in [0.15, 0.2) is 0 Å². The number of hydrogen-bond acceptors (Lipinski definition) is 5. The smallest absolute Gasteiger partial charge is 0.407 e. The van der Waals surface area contributed by atoms with Crippen molar-refractivity contribution in [3.63, 3.8) is 0 Å². The van der Waals surface area contributed by atoms with Crippen molar-refractivity contribution in [2.75, 3.05) is 6.61 Å². The Labute approximate surface area is 237 Å². The maximum Gasteiger partial charge on any atom is 0.407 e. The van der Waals surface area contributed by atoms with Gasteiger partial charge >= 0.3 is 12.1 Å². The first-order chi connectivity index (χ1) is 20.0. The van der Waals surface area contributed by atoms with E-state index in [1.165, 1.54) is 0 Å². The van der Waals surface area contributed by atoms with E-state index in [2.05, 4.69) is 10.6 Å². The molecule has 1 atom stereocenters. The van der Waals surface area contributed by atoms with Gasteiger partial charge in [-0.1, -0.05) is 97.1 Å². The third-order valence-corrected chi connectivity index (χ3v) is 6.99. The Morgan fingerprint density at radius 1 is 0.780 bits per heavy atom. The summed E-state index contributed by atoms with van der Waals surface area (Å²) in [6.45, 7) is 0.496. The van der Waals surface area contributed by atoms with Gasteiger partial charge in [-0.05, 0) is 33.9 Å². The molecule has 0 heterocycles. The quantitative estimate of drug-likeness (QED) is 0.235. The predicted molar refractivity (Wildman–Crippen MR) is 153 cm³/mol. The van der Waals surface area contributed by atoms with Crippen LogP contribution in [-0.2, 0) is 27.5 Å². The largest absolute Gasteiger partial charge is 0.489 e. The fraction of sp³-hybridized carbons (Fsp3) is 0.182. The molecule has 1 aliphatic rings. The van der Waals surface area contributed by atoms with Crippen molar-refractivity contribution in [3.05, 3.63) is 125 Å². The minimum absolute atomic E-state index is 0.0490. The van der Waals surface area contributed by atoms with E-state index >= 15 is 0 Å². The molecular weight excluding hydrogens is 520 g/mol. The lowest BCUT2D eigenvalue weighted by Gasteiger charge is -2.19. The number of carboxylic acids is 1. The number of hydrogen-bond donors (Lipinski definition) is 3. The van der Waals surface area contributed by atoms with Gasteiger partial charge in [0.2, 0.25) is 5.91 Å². The summed E-state index contributed by atoms with van der Waals surface area (Å²) >= 11 is 0. The van der Waals surface area contributed by atoms with E-state index in [0.717, 1.165) is 27.8 Å². The lowest BCUT2D eigenvalue weighted by molar-refractivity contribution is -0.139. The van der Waals surface area contributed by atoms with Crippen LogP contribution in [-0.4, -0.2) is 35.7 Å². The van der Waals surface area contributed by atoms with E-state index in [1.807, 2.05) is 97.1 Å². The van der Waals surface area contributed by atoms with Crippen LogP contribution in [0.1, 0.15) is 34.6 Å². The number of aliphatic carboxylic acids is 1. The van der Waals surface area contributed by atoms with E-state index in [1.54, 1.807) is 6.07 Å². The predicted octanol–water partition coefficient (Wildman–Crippen LogP) is 5.26. The van der Waals surface area contributed by atoms with Crippen LogP contribution in [0.25, 0.3) is 11.1 Å². The Morgan fingerprint density at radius 2 is 1.39 bits per heavy atom. The Bertz CT molecular complexity index is 1490. The Balaban J connectivity index is 1.19. The van der Waals surface area contributed by atoms with Crippen molar-refractivity contribution in [1.82, 2.24) is 10.6 Å². The van der Waals surface area contributed by atoms with E-state index in [9.17, 15) is 19.5 Å². The summed E-state index contributed by atoms with van der Waals surface area (Å²) < 4.78 is 11.5. The fourth-order valence-corrected chi connectivity index (χ4v) is 5.00. The Morgan fingerprint density at radius 3 is 2.07 bits per heavy atom. The molecule has 208 valence electrons. The standard InChI is InChI=1S/C33H30N2O6/c36-31(37)18-29(32(38)34-19-23-12-4-9-17-30(23)40-20-22-10-2-1-3-11-22)35-33(39)41-21-28-26-15-7-5-13-24(26)25-14-6-8-16-27(25)28/h1-17,28-29H,18-21H2,(H,34,38)(H,35,39)(H,36,37). The molecule has 8 nitrogen and oxygen atoms in total. The van der Waals surface area contributed by atoms with E-state index < -0.39 is 30.4 Å². The fourth-order valence-electron chi connectivity index (χ4n) is 5.00. The molecule has 0 radical (unpaired) electrons. The van der Waals surface area contributed by atoms with Crippen LogP contribution in [0.3, 0.4) is 0 Å². The molecular formula is C33H30N2O6. The molecule has 1 unspecified atom stereocenters. The monoisotopic (exact) mass is 550 g/mol. The molecule has 41 heavy (non-hydrogen) atoms. The van der Waals surface area contributed by atoms with Crippen molar-refractivity contribution in [3.8, 4) is 16.9 Å². The van der Waals surface area contributed by atoms with Gasteiger partial charge in [-0.25, -0.2) is 4.79 Å². The van der Waals surface area contributed by atoms with Gasteiger partial charge in [0.05, 0.1) is 6.42 Å². The second kappa shape index (κ2) is 12.8. The summed E-state index contributed by atoms with van der Waals surface area (Å²) in [5.74, 6) is -1.43. The lowest BCUT2D eigenvalue weighted by Crippen LogP contribution is -2.48. The second-order valence-electron chi connectivity index (χ2n) is 9.72. The number of amides is 2. The van der Waals surface area contributed by atoms with E-state index in [-0.39, 0.29) is 19.1 Å². The maximum absolute atomic E-state index is 13.0. The van der Waals surface area contributed by atoms with Crippen LogP contribution >= 0.6 is 0 Å². The molecule has 4 aromatic rings. The molecule has 4 aromatic carbocycles. The van der Waals surface area contributed by atoms with Gasteiger partial charge in [-0.15, -0.1) is 0 Å². The highest BCUT2D eigenvalue weighted by Crippen LogP contribution is 2.44. The number of nitrogens with one attached hydrogen (secondary N) is 2. The number of rotatable bonds is 11. The molecule has 3 N–H and O–H groups in total. The number of carboxylic acid groups (broad SMARTS) is 1. The van der Waals surface area contributed by atoms with Crippen LogP contribution in [0.5, 0.6) is 5.75 Å². The van der Waals surface area contributed by atoms with Crippen molar-refractivity contribution >= 4 is 18.0 Å². The van der Waals surface area contributed by atoms with Crippen LogP contribution in [0.2, 0.25) is 0 Å². The summed E-state index contributed by atoms with van der Waals surface area (Å²) in [6, 6.07) is 31.5. The minimum atomic E-state index is -1.32. The molecule has 5 rings (SSSR count). The van der Waals surface area contributed by atoms with Gasteiger partial charge in [-0.3, -0.25) is 9.59 Å². The normalized spacial score (nSPS) is 12.5. The number of carbonyl (C=O) groups is 3. The molecule has 0 spiro atoms. The Hall–Kier alpha value is -5.11. The first-order valence-corrected chi connectivity index (χ1v) is 13.3. The lowest BCUT2D eigenvalue weighted by atomic mass is 9.98. The highest BCUT2D eigenvalue weighted by molar-refractivity contribution is 5.89. The number of fused-ring (bicyclic) bond motifs is 3. The number of ether oxygens (including phenoxy) is 2. The van der Waals surface area contributed by atoms with E-state index in [0.29, 0.717) is 17.9 Å². The average Bonchev–Trinajstić information content (AvgIpc) is 3.31. The van der Waals surface area contributed by atoms with Gasteiger partial charge in [-0.2, -0.15) is 0 Å². The summed E-state index contributed by atoms with van der Waals surface area (Å²) in [5, 5.41) is 14.5. The number of benzene rings is 4. The average molecular weight is 551 g/mol. The Kier molecular flexibility index (Phi) is 8.59. The van der Waals surface area contributed by atoms with Crippen molar-refractivity contribution in [2.24, 2.45) is 0 Å². The highest BCUT2D eigenvalue weighted by Gasteiger charge is 2.30. The zero-order chi connectivity index (χ0) is 28.6. The zero-order valence-corrected chi connectivity index (χ0v) is 22.3. The van der Waals surface area contributed by atoms with Gasteiger partial charge < -0.3 is 25.2 Å². The van der Waals surface area contributed by atoms with Crippen molar-refractivity contribution in [1.29, 1.82) is 0 Å². The van der Waals surface area contributed by atoms with Gasteiger partial charge in [0.1, 0.15) is 25.0 Å². The maximum atomic E-state index is 13.0. The van der Waals surface area contributed by atoms with Crippen LogP contribution < -0.4 is 15.4 Å². The van der Waals surface area contributed by atoms with Crippen LogP contribution in [0.4, 0.5) is 4.79 Å². The summed E-state index contributed by atoms with van der Waals surface area (Å²) in [5.41, 5.74) is 6.00. The third kappa shape index (κ3) is 6.73. The molecule has 0 fully saturated rings. The minimum Gasteiger partial charge on any atom is -0.489 e. The first kappa shape index (κ1) is 27.5. The number of alkyl carbamates (subject to hydrolysis) is 1. The van der Waals surface area contributed by atoms with Gasteiger partial charge in [0.25, 0.3) is 0 Å². The molecule has 2 amide bonds. The van der Waals surface area contributed by atoms with Gasteiger partial charge in [0, 0.05) is 18.0 Å². The molecule has 0 aromatic heterocycles. The summed E-state index contributed by atoms with van der Waals surface area (Å²) in [4.78, 5) is 37.2. The number of carbonyl (C=O) groups excluding carboxylic acids is 2. The topological polar surface area (TPSA) is 114 Å². The molecule has 0 aliphatic heterocycles. The van der Waals surface area contributed by atoms with Crippen molar-refractivity contribution < 1.29 is 29.0 Å². The summed E-state index contributed by atoms with van der Waals surface area (Å²) in [7, 11) is 0. The summed E-state index contributed by atoms with van der Waals surface area (Å²) in [6.07, 6.45) is -1.46. The SMILES string of the molecule is O=C(O)CC(NC(=O)OCC1c2ccccc2-c2ccccc21)C(=O)NCc1ccccc1OCc1ccccc1. The van der Waals surface area contributed by atoms with Crippen LogP contribution in [0.15, 0.2) is 103 Å².